The molecular formula is C6H5ClN2. The van der Waals surface area contributed by atoms with Gasteiger partial charge in [-0.3, -0.25) is 9.97 Å². The van der Waals surface area contributed by atoms with Crippen molar-refractivity contribution in [2.45, 2.75) is 0 Å². The minimum Gasteiger partial charge on any atom is -0.261 e. The van der Waals surface area contributed by atoms with Crippen molar-refractivity contribution in [2.24, 2.45) is 0 Å². The van der Waals surface area contributed by atoms with Gasteiger partial charge in [0.2, 0.25) is 0 Å². The maximum absolute atomic E-state index is 5.29. The van der Waals surface area contributed by atoms with Gasteiger partial charge in [0.15, 0.2) is 0 Å². The molecule has 0 aliphatic heterocycles. The van der Waals surface area contributed by atoms with E-state index in [9.17, 15) is 0 Å². The summed E-state index contributed by atoms with van der Waals surface area (Å²) in [6.45, 7) is 0. The maximum Gasteiger partial charge on any atom is 0.0821 e. The molecule has 46 valence electrons. The molecule has 0 aliphatic carbocycles. The van der Waals surface area contributed by atoms with Gasteiger partial charge in [-0.25, -0.2) is 0 Å². The van der Waals surface area contributed by atoms with Crippen molar-refractivity contribution in [3.05, 3.63) is 29.8 Å². The van der Waals surface area contributed by atoms with Crippen molar-refractivity contribution in [2.75, 3.05) is 0 Å². The molecule has 0 radical (unpaired) electrons. The highest BCUT2D eigenvalue weighted by Gasteiger charge is 1.81. The number of aromatic nitrogens is 2. The Morgan fingerprint density at radius 3 is 2.89 bits per heavy atom. The Hall–Kier alpha value is -0.890. The van der Waals surface area contributed by atoms with Crippen LogP contribution in [-0.2, 0) is 0 Å². The lowest BCUT2D eigenvalue weighted by Crippen LogP contribution is -1.78. The van der Waals surface area contributed by atoms with Gasteiger partial charge >= 0.3 is 0 Å². The Morgan fingerprint density at radius 1 is 1.44 bits per heavy atom. The van der Waals surface area contributed by atoms with Crippen molar-refractivity contribution >= 4 is 17.7 Å². The summed E-state index contributed by atoms with van der Waals surface area (Å²) in [5.41, 5.74) is 2.18. The van der Waals surface area contributed by atoms with Gasteiger partial charge in [-0.2, -0.15) is 0 Å². The summed E-state index contributed by atoms with van der Waals surface area (Å²) in [6.07, 6.45) is 6.55. The van der Waals surface area contributed by atoms with Crippen molar-refractivity contribution in [1.29, 1.82) is 0 Å². The van der Waals surface area contributed by atoms with E-state index in [0.717, 1.165) is 5.69 Å². The number of hydrogen-bond acceptors (Lipinski definition) is 2. The third-order valence-electron chi connectivity index (χ3n) is 0.817. The van der Waals surface area contributed by atoms with Gasteiger partial charge in [-0.15, -0.1) is 0 Å². The van der Waals surface area contributed by atoms with Crippen LogP contribution in [0.25, 0.3) is 6.08 Å². The second-order valence-corrected chi connectivity index (χ2v) is 1.67. The summed E-state index contributed by atoms with van der Waals surface area (Å²) in [7, 11) is 0. The van der Waals surface area contributed by atoms with E-state index in [1.54, 1.807) is 24.7 Å². The van der Waals surface area contributed by atoms with E-state index in [2.05, 4.69) is 9.97 Å². The fraction of sp³-hybridized carbons (Fsp3) is 0. The van der Waals surface area contributed by atoms with Gasteiger partial charge in [0.1, 0.15) is 0 Å². The maximum atomic E-state index is 5.29. The minimum absolute atomic E-state index is 0.771. The molecule has 0 N–H and O–H groups in total. The lowest BCUT2D eigenvalue weighted by Gasteiger charge is -1.84. The molecule has 0 aliphatic rings. The second-order valence-electron chi connectivity index (χ2n) is 1.42. The van der Waals surface area contributed by atoms with E-state index in [4.69, 9.17) is 11.6 Å². The van der Waals surface area contributed by atoms with E-state index >= 15 is 0 Å². The predicted octanol–water partition coefficient (Wildman–Crippen LogP) is 1.69. The van der Waals surface area contributed by atoms with Crippen molar-refractivity contribution in [1.82, 2.24) is 9.97 Å². The van der Waals surface area contributed by atoms with Crippen LogP contribution in [0.15, 0.2) is 24.1 Å². The highest BCUT2D eigenvalue weighted by atomic mass is 35.5. The molecule has 0 amide bonds. The summed E-state index contributed by atoms with van der Waals surface area (Å²) in [5, 5.41) is 0. The SMILES string of the molecule is ClC=Cc1cnccn1. The second kappa shape index (κ2) is 3.20. The van der Waals surface area contributed by atoms with Gasteiger partial charge in [0, 0.05) is 17.9 Å². The molecule has 0 bridgehead atoms. The topological polar surface area (TPSA) is 25.8 Å². The molecule has 0 unspecified atom stereocenters. The lowest BCUT2D eigenvalue weighted by molar-refractivity contribution is 1.18. The summed E-state index contributed by atoms with van der Waals surface area (Å²) < 4.78 is 0. The molecule has 0 atom stereocenters. The fourth-order valence-corrected chi connectivity index (χ4v) is 0.590. The first-order valence-electron chi connectivity index (χ1n) is 2.46. The molecule has 1 aromatic heterocycles. The Bertz CT molecular complexity index is 195. The molecule has 3 heteroatoms. The first kappa shape index (κ1) is 6.23. The summed E-state index contributed by atoms with van der Waals surface area (Å²) in [6, 6.07) is 0. The average molecular weight is 141 g/mol. The standard InChI is InChI=1S/C6H5ClN2/c7-2-1-6-5-8-3-4-9-6/h1-5H. The van der Waals surface area contributed by atoms with Crippen LogP contribution >= 0.6 is 11.6 Å². The largest absolute Gasteiger partial charge is 0.261 e. The Labute approximate surface area is 58.2 Å². The monoisotopic (exact) mass is 140 g/mol. The van der Waals surface area contributed by atoms with Crippen LogP contribution in [0.2, 0.25) is 0 Å². The van der Waals surface area contributed by atoms with E-state index in [1.165, 1.54) is 5.54 Å². The van der Waals surface area contributed by atoms with Gasteiger partial charge in [0.05, 0.1) is 11.9 Å². The summed E-state index contributed by atoms with van der Waals surface area (Å²) >= 11 is 5.29. The Morgan fingerprint density at radius 2 is 2.33 bits per heavy atom. The molecule has 0 spiro atoms. The fourth-order valence-electron chi connectivity index (χ4n) is 0.461. The van der Waals surface area contributed by atoms with Crippen LogP contribution in [0, 0.1) is 0 Å². The third-order valence-corrected chi connectivity index (χ3v) is 0.943. The average Bonchev–Trinajstić information content (AvgIpc) is 1.91. The number of rotatable bonds is 1. The Balaban J connectivity index is 2.85. The molecule has 2 nitrogen and oxygen atoms in total. The van der Waals surface area contributed by atoms with Gasteiger partial charge in [0.25, 0.3) is 0 Å². The number of nitrogens with zero attached hydrogens (tertiary/aromatic N) is 2. The highest BCUT2D eigenvalue weighted by Crippen LogP contribution is 1.93. The lowest BCUT2D eigenvalue weighted by atomic mass is 10.4. The first-order chi connectivity index (χ1) is 4.43. The minimum atomic E-state index is 0.771. The van der Waals surface area contributed by atoms with E-state index in [1.807, 2.05) is 0 Å². The predicted molar refractivity (Wildman–Crippen MR) is 36.9 cm³/mol. The molecule has 1 heterocycles. The zero-order chi connectivity index (χ0) is 6.53. The number of hydrogen-bond donors (Lipinski definition) is 0. The van der Waals surface area contributed by atoms with Crippen LogP contribution < -0.4 is 0 Å². The first-order valence-corrected chi connectivity index (χ1v) is 2.90. The molecule has 1 aromatic rings. The molecule has 0 saturated heterocycles. The van der Waals surface area contributed by atoms with Gasteiger partial charge < -0.3 is 0 Å². The molecule has 1 rings (SSSR count). The third kappa shape index (κ3) is 1.82. The van der Waals surface area contributed by atoms with Crippen molar-refractivity contribution < 1.29 is 0 Å². The van der Waals surface area contributed by atoms with Crippen LogP contribution in [0.4, 0.5) is 0 Å². The van der Waals surface area contributed by atoms with E-state index in [-0.39, 0.29) is 0 Å². The molecule has 0 saturated carbocycles. The van der Waals surface area contributed by atoms with Gasteiger partial charge in [-0.1, -0.05) is 11.6 Å². The highest BCUT2D eigenvalue weighted by molar-refractivity contribution is 6.27. The Kier molecular flexibility index (Phi) is 2.22. The molecular weight excluding hydrogens is 136 g/mol. The van der Waals surface area contributed by atoms with Crippen LogP contribution in [0.5, 0.6) is 0 Å². The molecule has 9 heavy (non-hydrogen) atoms. The van der Waals surface area contributed by atoms with E-state index in [0.29, 0.717) is 0 Å². The van der Waals surface area contributed by atoms with Crippen molar-refractivity contribution in [3.63, 3.8) is 0 Å². The van der Waals surface area contributed by atoms with Crippen molar-refractivity contribution in [3.8, 4) is 0 Å². The van der Waals surface area contributed by atoms with E-state index < -0.39 is 0 Å². The zero-order valence-electron chi connectivity index (χ0n) is 4.66. The zero-order valence-corrected chi connectivity index (χ0v) is 5.42. The molecule has 0 fully saturated rings. The quantitative estimate of drug-likeness (QED) is 0.593. The number of halogens is 1. The summed E-state index contributed by atoms with van der Waals surface area (Å²) in [5.74, 6) is 0. The van der Waals surface area contributed by atoms with Crippen LogP contribution in [0.3, 0.4) is 0 Å². The normalized spacial score (nSPS) is 10.3. The van der Waals surface area contributed by atoms with Crippen LogP contribution in [-0.4, -0.2) is 9.97 Å². The molecule has 0 aromatic carbocycles. The summed E-state index contributed by atoms with van der Waals surface area (Å²) in [4.78, 5) is 7.77. The van der Waals surface area contributed by atoms with Gasteiger partial charge in [-0.05, 0) is 6.08 Å². The smallest absolute Gasteiger partial charge is 0.0821 e. The van der Waals surface area contributed by atoms with Crippen LogP contribution in [0.1, 0.15) is 5.69 Å².